The van der Waals surface area contributed by atoms with Crippen molar-refractivity contribution in [3.05, 3.63) is 108 Å². The third-order valence-corrected chi connectivity index (χ3v) is 6.70. The Morgan fingerprint density at radius 2 is 1.79 bits per heavy atom. The fourth-order valence-corrected chi connectivity index (χ4v) is 4.81. The molecule has 2 atom stereocenters. The number of esters is 1. The van der Waals surface area contributed by atoms with Crippen molar-refractivity contribution in [1.29, 1.82) is 0 Å². The molecule has 1 saturated heterocycles. The molecule has 0 aliphatic carbocycles. The van der Waals surface area contributed by atoms with E-state index in [0.29, 0.717) is 28.7 Å². The molecule has 1 amide bonds. The van der Waals surface area contributed by atoms with Crippen LogP contribution >= 0.6 is 12.2 Å². The number of para-hydroxylation sites is 1. The molecule has 3 heterocycles. The number of furan rings is 1. The molecule has 1 aliphatic heterocycles. The van der Waals surface area contributed by atoms with E-state index in [1.54, 1.807) is 18.3 Å². The fourth-order valence-electron chi connectivity index (χ4n) is 4.48. The molecular weight excluding hydrogens is 500 g/mol. The molecule has 0 unspecified atom stereocenters. The molecule has 2 aromatic carbocycles. The molecule has 38 heavy (non-hydrogen) atoms. The second-order valence-corrected chi connectivity index (χ2v) is 9.14. The Balaban J connectivity index is 1.39. The van der Waals surface area contributed by atoms with E-state index in [9.17, 15) is 9.59 Å². The number of methoxy groups -OCH3 is 1. The highest BCUT2D eigenvalue weighted by Crippen LogP contribution is 2.40. The largest absolute Gasteiger partial charge is 0.465 e. The number of rotatable bonds is 8. The van der Waals surface area contributed by atoms with Gasteiger partial charge < -0.3 is 24.7 Å². The minimum atomic E-state index is -0.396. The monoisotopic (exact) mass is 526 g/mol. The molecule has 0 spiro atoms. The zero-order chi connectivity index (χ0) is 26.5. The summed E-state index contributed by atoms with van der Waals surface area (Å²) < 4.78 is 11.1. The van der Waals surface area contributed by atoms with E-state index < -0.39 is 5.97 Å². The normalized spacial score (nSPS) is 16.7. The summed E-state index contributed by atoms with van der Waals surface area (Å²) >= 11 is 5.70. The van der Waals surface area contributed by atoms with Crippen LogP contribution in [-0.2, 0) is 9.53 Å². The van der Waals surface area contributed by atoms with Crippen LogP contribution in [0.25, 0.3) is 11.3 Å². The Labute approximate surface area is 225 Å². The summed E-state index contributed by atoms with van der Waals surface area (Å²) in [7, 11) is 1.35. The van der Waals surface area contributed by atoms with E-state index in [2.05, 4.69) is 15.6 Å². The zero-order valence-electron chi connectivity index (χ0n) is 20.7. The molecular formula is C29H26N4O4S. The number of nitrogens with zero attached hydrogens (tertiary/aromatic N) is 2. The highest BCUT2D eigenvalue weighted by Gasteiger charge is 2.41. The van der Waals surface area contributed by atoms with Crippen LogP contribution < -0.4 is 10.6 Å². The number of carbonyl (C=O) groups excluding carboxylic acids is 2. The average Bonchev–Trinajstić information content (AvgIpc) is 3.57. The smallest absolute Gasteiger partial charge is 0.337 e. The Bertz CT molecular complexity index is 1420. The molecule has 4 aromatic rings. The molecule has 2 aromatic heterocycles. The van der Waals surface area contributed by atoms with Gasteiger partial charge in [0.05, 0.1) is 24.4 Å². The lowest BCUT2D eigenvalue weighted by atomic mass is 10.0. The van der Waals surface area contributed by atoms with Gasteiger partial charge in [0.1, 0.15) is 17.6 Å². The van der Waals surface area contributed by atoms with E-state index in [-0.39, 0.29) is 24.4 Å². The van der Waals surface area contributed by atoms with Crippen LogP contribution in [-0.4, -0.2) is 40.5 Å². The molecule has 9 heteroatoms. The second kappa shape index (κ2) is 11.3. The Morgan fingerprint density at radius 1 is 1.03 bits per heavy atom. The molecule has 2 N–H and O–H groups in total. The van der Waals surface area contributed by atoms with Gasteiger partial charge >= 0.3 is 5.97 Å². The first-order valence-electron chi connectivity index (χ1n) is 12.1. The van der Waals surface area contributed by atoms with E-state index in [1.807, 2.05) is 77.7 Å². The number of benzene rings is 2. The van der Waals surface area contributed by atoms with Gasteiger partial charge in [-0.05, 0) is 60.7 Å². The van der Waals surface area contributed by atoms with Gasteiger partial charge in [-0.2, -0.15) is 0 Å². The maximum absolute atomic E-state index is 12.7. The van der Waals surface area contributed by atoms with Crippen LogP contribution in [0.1, 0.15) is 40.3 Å². The van der Waals surface area contributed by atoms with E-state index in [4.69, 9.17) is 21.4 Å². The molecule has 0 radical (unpaired) electrons. The maximum atomic E-state index is 12.7. The van der Waals surface area contributed by atoms with Crippen molar-refractivity contribution in [3.8, 4) is 11.3 Å². The van der Waals surface area contributed by atoms with Gasteiger partial charge in [-0.1, -0.05) is 36.4 Å². The van der Waals surface area contributed by atoms with Crippen LogP contribution in [0.3, 0.4) is 0 Å². The summed E-state index contributed by atoms with van der Waals surface area (Å²) in [5.41, 5.74) is 2.84. The fraction of sp³-hybridized carbons (Fsp3) is 0.172. The first kappa shape index (κ1) is 25.2. The van der Waals surface area contributed by atoms with Gasteiger partial charge in [-0.25, -0.2) is 4.79 Å². The lowest BCUT2D eigenvalue weighted by Crippen LogP contribution is -2.32. The summed E-state index contributed by atoms with van der Waals surface area (Å²) in [6.07, 6.45) is 1.98. The molecule has 0 saturated carbocycles. The van der Waals surface area contributed by atoms with Gasteiger partial charge in [0.25, 0.3) is 0 Å². The number of hydrogen-bond donors (Lipinski definition) is 2. The summed E-state index contributed by atoms with van der Waals surface area (Å²) in [6.45, 7) is 0.391. The SMILES string of the molecule is COC(=O)c1ccc(-c2ccc([C@H]3[C@H](c4ccccn4)NC(=S)N3CCC(=O)Nc3ccccc3)o2)cc1. The molecule has 8 nitrogen and oxygen atoms in total. The summed E-state index contributed by atoms with van der Waals surface area (Å²) in [5, 5.41) is 6.82. The number of anilines is 1. The van der Waals surface area contributed by atoms with Gasteiger partial charge in [-0.15, -0.1) is 0 Å². The number of ether oxygens (including phenoxy) is 1. The first-order chi connectivity index (χ1) is 18.5. The number of thiocarbonyl (C=S) groups is 1. The third-order valence-electron chi connectivity index (χ3n) is 6.34. The highest BCUT2D eigenvalue weighted by molar-refractivity contribution is 7.80. The third kappa shape index (κ3) is 5.42. The Kier molecular flexibility index (Phi) is 7.46. The van der Waals surface area contributed by atoms with Crippen molar-refractivity contribution in [3.63, 3.8) is 0 Å². The molecule has 1 fully saturated rings. The summed E-state index contributed by atoms with van der Waals surface area (Å²) in [4.78, 5) is 31.0. The topological polar surface area (TPSA) is 96.7 Å². The predicted octanol–water partition coefficient (Wildman–Crippen LogP) is 5.13. The first-order valence-corrected chi connectivity index (χ1v) is 12.6. The van der Waals surface area contributed by atoms with Crippen LogP contribution in [0.15, 0.2) is 95.5 Å². The van der Waals surface area contributed by atoms with Crippen molar-refractivity contribution in [1.82, 2.24) is 15.2 Å². The van der Waals surface area contributed by atoms with Crippen LogP contribution in [0.4, 0.5) is 5.69 Å². The zero-order valence-corrected chi connectivity index (χ0v) is 21.5. The molecule has 1 aliphatic rings. The summed E-state index contributed by atoms with van der Waals surface area (Å²) in [5.74, 6) is 0.830. The standard InChI is InChI=1S/C29H26N4O4S/c1-36-28(35)20-12-10-19(11-13-20)23-14-15-24(37-23)27-26(22-9-5-6-17-30-22)32-29(38)33(27)18-16-25(34)31-21-7-3-2-4-8-21/h2-15,17,26-27H,16,18H2,1H3,(H,31,34)(H,32,38)/t26-,27-/m0/s1. The van der Waals surface area contributed by atoms with Crippen molar-refractivity contribution in [2.75, 3.05) is 19.0 Å². The van der Waals surface area contributed by atoms with Crippen LogP contribution in [0.2, 0.25) is 0 Å². The number of hydrogen-bond acceptors (Lipinski definition) is 6. The minimum absolute atomic E-state index is 0.107. The number of amides is 1. The lowest BCUT2D eigenvalue weighted by molar-refractivity contribution is -0.116. The van der Waals surface area contributed by atoms with Gasteiger partial charge in [0.15, 0.2) is 5.11 Å². The van der Waals surface area contributed by atoms with Crippen molar-refractivity contribution < 1.29 is 18.7 Å². The van der Waals surface area contributed by atoms with Crippen molar-refractivity contribution in [2.24, 2.45) is 0 Å². The quantitative estimate of drug-likeness (QED) is 0.241. The van der Waals surface area contributed by atoms with E-state index in [0.717, 1.165) is 16.9 Å². The predicted molar refractivity (Wildman–Crippen MR) is 147 cm³/mol. The van der Waals surface area contributed by atoms with E-state index in [1.165, 1.54) is 7.11 Å². The number of nitrogens with one attached hydrogen (secondary N) is 2. The van der Waals surface area contributed by atoms with Crippen molar-refractivity contribution in [2.45, 2.75) is 18.5 Å². The van der Waals surface area contributed by atoms with Crippen LogP contribution in [0, 0.1) is 0 Å². The average molecular weight is 527 g/mol. The Morgan fingerprint density at radius 3 is 2.50 bits per heavy atom. The Hall–Kier alpha value is -4.50. The summed E-state index contributed by atoms with van der Waals surface area (Å²) in [6, 6.07) is 25.3. The van der Waals surface area contributed by atoms with Gasteiger partial charge in [-0.3, -0.25) is 9.78 Å². The number of aromatic nitrogens is 1. The van der Waals surface area contributed by atoms with Crippen molar-refractivity contribution >= 4 is 34.9 Å². The van der Waals surface area contributed by atoms with Gasteiger partial charge in [0.2, 0.25) is 5.91 Å². The second-order valence-electron chi connectivity index (χ2n) is 8.76. The number of pyridine rings is 1. The van der Waals surface area contributed by atoms with Crippen LogP contribution in [0.5, 0.6) is 0 Å². The maximum Gasteiger partial charge on any atom is 0.337 e. The highest BCUT2D eigenvalue weighted by atomic mass is 32.1. The number of carbonyl (C=O) groups is 2. The minimum Gasteiger partial charge on any atom is -0.465 e. The molecule has 0 bridgehead atoms. The molecule has 192 valence electrons. The van der Waals surface area contributed by atoms with E-state index >= 15 is 0 Å². The lowest BCUT2D eigenvalue weighted by Gasteiger charge is -2.25. The van der Waals surface area contributed by atoms with Gasteiger partial charge in [0, 0.05) is 30.4 Å². The molecule has 5 rings (SSSR count).